The Hall–Kier alpha value is -2.63. The van der Waals surface area contributed by atoms with Crippen LogP contribution in [0, 0.1) is 13.8 Å². The second-order valence-electron chi connectivity index (χ2n) is 7.05. The highest BCUT2D eigenvalue weighted by Crippen LogP contribution is 2.30. The number of amides is 1. The summed E-state index contributed by atoms with van der Waals surface area (Å²) >= 11 is 0. The van der Waals surface area contributed by atoms with Crippen LogP contribution < -0.4 is 14.8 Å². The smallest absolute Gasteiger partial charge is 0.243 e. The van der Waals surface area contributed by atoms with Crippen molar-refractivity contribution in [1.29, 1.82) is 0 Å². The van der Waals surface area contributed by atoms with E-state index in [4.69, 9.17) is 9.47 Å². The summed E-state index contributed by atoms with van der Waals surface area (Å²) < 4.78 is 37.8. The Bertz CT molecular complexity index is 993. The normalized spacial score (nSPS) is 15.7. The Kier molecular flexibility index (Phi) is 6.64. The zero-order valence-corrected chi connectivity index (χ0v) is 18.4. The second-order valence-corrected chi connectivity index (χ2v) is 8.99. The lowest BCUT2D eigenvalue weighted by atomic mass is 10.3. The van der Waals surface area contributed by atoms with Gasteiger partial charge in [0.05, 0.1) is 42.7 Å². The molecule has 3 rings (SSSR count). The zero-order valence-electron chi connectivity index (χ0n) is 17.6. The summed E-state index contributed by atoms with van der Waals surface area (Å²) in [7, 11) is -0.706. The summed E-state index contributed by atoms with van der Waals surface area (Å²) in [4.78, 5) is 14.4. The molecule has 2 N–H and O–H groups in total. The molecule has 1 aromatic heterocycles. The number of sulfonamides is 1. The first kappa shape index (κ1) is 22.1. The zero-order chi connectivity index (χ0) is 21.9. The number of aromatic amines is 1. The molecule has 0 aliphatic carbocycles. The van der Waals surface area contributed by atoms with Crippen molar-refractivity contribution in [1.82, 2.24) is 19.4 Å². The predicted molar refractivity (Wildman–Crippen MR) is 111 cm³/mol. The van der Waals surface area contributed by atoms with Crippen LogP contribution in [-0.4, -0.2) is 80.7 Å². The maximum Gasteiger partial charge on any atom is 0.243 e. The first-order chi connectivity index (χ1) is 14.3. The van der Waals surface area contributed by atoms with E-state index in [1.54, 1.807) is 6.07 Å². The van der Waals surface area contributed by atoms with E-state index in [2.05, 4.69) is 15.5 Å². The van der Waals surface area contributed by atoms with Gasteiger partial charge in [0.1, 0.15) is 0 Å². The molecule has 30 heavy (non-hydrogen) atoms. The molecule has 0 unspecified atom stereocenters. The van der Waals surface area contributed by atoms with Gasteiger partial charge in [-0.2, -0.15) is 9.40 Å². The van der Waals surface area contributed by atoms with E-state index in [9.17, 15) is 13.2 Å². The largest absolute Gasteiger partial charge is 0.493 e. The molecular formula is C19H27N5O5S. The Labute approximate surface area is 176 Å². The molecule has 0 saturated carbocycles. The Morgan fingerprint density at radius 2 is 1.80 bits per heavy atom. The number of aromatic nitrogens is 2. The van der Waals surface area contributed by atoms with Gasteiger partial charge in [-0.1, -0.05) is 0 Å². The monoisotopic (exact) mass is 437 g/mol. The highest BCUT2D eigenvalue weighted by Gasteiger charge is 2.30. The number of hydrogen-bond acceptors (Lipinski definition) is 7. The van der Waals surface area contributed by atoms with Crippen molar-refractivity contribution in [3.63, 3.8) is 0 Å². The van der Waals surface area contributed by atoms with Crippen LogP contribution in [0.1, 0.15) is 11.4 Å². The Morgan fingerprint density at radius 3 is 2.37 bits per heavy atom. The molecule has 2 heterocycles. The Balaban J connectivity index is 1.60. The molecule has 2 aromatic rings. The van der Waals surface area contributed by atoms with Gasteiger partial charge < -0.3 is 14.8 Å². The number of aryl methyl sites for hydroxylation is 2. The maximum atomic E-state index is 13.0. The molecule has 0 radical (unpaired) electrons. The summed E-state index contributed by atoms with van der Waals surface area (Å²) in [5, 5.41) is 9.76. The number of nitrogens with zero attached hydrogens (tertiary/aromatic N) is 3. The Morgan fingerprint density at radius 1 is 1.13 bits per heavy atom. The van der Waals surface area contributed by atoms with Gasteiger partial charge in [0.2, 0.25) is 15.9 Å². The summed E-state index contributed by atoms with van der Waals surface area (Å²) in [6.07, 6.45) is 0. The van der Waals surface area contributed by atoms with Crippen molar-refractivity contribution >= 4 is 21.6 Å². The third-order valence-electron chi connectivity index (χ3n) is 5.08. The number of nitrogens with one attached hydrogen (secondary N) is 2. The highest BCUT2D eigenvalue weighted by molar-refractivity contribution is 7.89. The van der Waals surface area contributed by atoms with Crippen LogP contribution in [0.25, 0.3) is 0 Å². The molecule has 11 heteroatoms. The molecule has 1 aromatic carbocycles. The van der Waals surface area contributed by atoms with E-state index in [1.807, 2.05) is 18.7 Å². The minimum Gasteiger partial charge on any atom is -0.493 e. The van der Waals surface area contributed by atoms with Crippen LogP contribution in [0.3, 0.4) is 0 Å². The van der Waals surface area contributed by atoms with Gasteiger partial charge in [-0.3, -0.25) is 14.8 Å². The van der Waals surface area contributed by atoms with Crippen molar-refractivity contribution in [2.75, 3.05) is 52.3 Å². The summed E-state index contributed by atoms with van der Waals surface area (Å²) in [6, 6.07) is 4.54. The first-order valence-electron chi connectivity index (χ1n) is 9.52. The van der Waals surface area contributed by atoms with E-state index >= 15 is 0 Å². The van der Waals surface area contributed by atoms with Crippen molar-refractivity contribution in [3.8, 4) is 11.5 Å². The number of H-pyrrole nitrogens is 1. The average molecular weight is 438 g/mol. The number of benzene rings is 1. The molecule has 10 nitrogen and oxygen atoms in total. The van der Waals surface area contributed by atoms with Gasteiger partial charge >= 0.3 is 0 Å². The fourth-order valence-corrected chi connectivity index (χ4v) is 4.81. The SMILES string of the molecule is COc1ccc(S(=O)(=O)N2CCN(CC(=O)Nc3c(C)n[nH]c3C)CC2)cc1OC. The molecule has 1 amide bonds. The summed E-state index contributed by atoms with van der Waals surface area (Å²) in [6.45, 7) is 5.37. The average Bonchev–Trinajstić information content (AvgIpc) is 3.05. The van der Waals surface area contributed by atoms with Crippen LogP contribution in [0.4, 0.5) is 5.69 Å². The first-order valence-corrected chi connectivity index (χ1v) is 11.0. The third kappa shape index (κ3) is 4.58. The number of anilines is 1. The van der Waals surface area contributed by atoms with Gasteiger partial charge in [0.15, 0.2) is 11.5 Å². The molecule has 164 valence electrons. The van der Waals surface area contributed by atoms with Gasteiger partial charge in [-0.25, -0.2) is 8.42 Å². The molecular weight excluding hydrogens is 410 g/mol. The van der Waals surface area contributed by atoms with Gasteiger partial charge in [0, 0.05) is 32.2 Å². The number of methoxy groups -OCH3 is 2. The van der Waals surface area contributed by atoms with Crippen LogP contribution in [0.15, 0.2) is 23.1 Å². The fourth-order valence-electron chi connectivity index (χ4n) is 3.37. The van der Waals surface area contributed by atoms with Crippen molar-refractivity contribution in [2.24, 2.45) is 0 Å². The van der Waals surface area contributed by atoms with Crippen molar-refractivity contribution < 1.29 is 22.7 Å². The summed E-state index contributed by atoms with van der Waals surface area (Å²) in [5.74, 6) is 0.674. The van der Waals surface area contributed by atoms with Crippen LogP contribution in [-0.2, 0) is 14.8 Å². The van der Waals surface area contributed by atoms with Gasteiger partial charge in [0.25, 0.3) is 0 Å². The van der Waals surface area contributed by atoms with E-state index in [-0.39, 0.29) is 17.3 Å². The number of ether oxygens (including phenoxy) is 2. The number of rotatable bonds is 7. The summed E-state index contributed by atoms with van der Waals surface area (Å²) in [5.41, 5.74) is 2.22. The molecule has 0 spiro atoms. The van der Waals surface area contributed by atoms with Crippen molar-refractivity contribution in [2.45, 2.75) is 18.7 Å². The molecule has 1 aliphatic rings. The minimum absolute atomic E-state index is 0.150. The fraction of sp³-hybridized carbons (Fsp3) is 0.474. The number of carbonyl (C=O) groups excluding carboxylic acids is 1. The van der Waals surface area contributed by atoms with E-state index in [1.165, 1.54) is 30.7 Å². The lowest BCUT2D eigenvalue weighted by Gasteiger charge is -2.33. The van der Waals surface area contributed by atoms with Gasteiger partial charge in [-0.05, 0) is 26.0 Å². The standard InChI is InChI=1S/C19H27N5O5S/c1-13-19(14(2)22-21-13)20-18(25)12-23-7-9-24(10-8-23)30(26,27)15-5-6-16(28-3)17(11-15)29-4/h5-6,11H,7-10,12H2,1-4H3,(H,20,25)(H,21,22). The second kappa shape index (κ2) is 9.02. The van der Waals surface area contributed by atoms with Crippen LogP contribution in [0.2, 0.25) is 0 Å². The predicted octanol–water partition coefficient (Wildman–Crippen LogP) is 0.989. The van der Waals surface area contributed by atoms with Crippen LogP contribution in [0.5, 0.6) is 11.5 Å². The van der Waals surface area contributed by atoms with Crippen LogP contribution >= 0.6 is 0 Å². The lowest BCUT2D eigenvalue weighted by Crippen LogP contribution is -2.50. The number of carbonyl (C=O) groups is 1. The lowest BCUT2D eigenvalue weighted by molar-refractivity contribution is -0.117. The molecule has 1 fully saturated rings. The van der Waals surface area contributed by atoms with E-state index in [0.717, 1.165) is 11.4 Å². The molecule has 1 saturated heterocycles. The minimum atomic E-state index is -3.67. The number of hydrogen-bond donors (Lipinski definition) is 2. The third-order valence-corrected chi connectivity index (χ3v) is 6.98. The van der Waals surface area contributed by atoms with Crippen molar-refractivity contribution in [3.05, 3.63) is 29.6 Å². The quantitative estimate of drug-likeness (QED) is 0.663. The number of piperazine rings is 1. The topological polar surface area (TPSA) is 117 Å². The molecule has 0 atom stereocenters. The highest BCUT2D eigenvalue weighted by atomic mass is 32.2. The van der Waals surface area contributed by atoms with E-state index in [0.29, 0.717) is 43.4 Å². The van der Waals surface area contributed by atoms with Gasteiger partial charge in [-0.15, -0.1) is 0 Å². The maximum absolute atomic E-state index is 13.0. The molecule has 1 aliphatic heterocycles. The molecule has 0 bridgehead atoms. The van der Waals surface area contributed by atoms with E-state index < -0.39 is 10.0 Å².